The Morgan fingerprint density at radius 3 is 1.43 bits per heavy atom. The third-order valence-corrected chi connectivity index (χ3v) is 25.3. The molecular formula is C22H52O8Si5. The molecule has 2 N–H and O–H groups in total. The van der Waals surface area contributed by atoms with E-state index in [-0.39, 0.29) is 25.8 Å². The summed E-state index contributed by atoms with van der Waals surface area (Å²) in [7, 11) is -11.9. The fraction of sp³-hybridized carbons (Fsp3) is 0.864. The second kappa shape index (κ2) is 14.9. The van der Waals surface area contributed by atoms with Crippen molar-refractivity contribution in [2.75, 3.05) is 19.8 Å². The second-order valence-corrected chi connectivity index (χ2v) is 31.2. The van der Waals surface area contributed by atoms with Crippen LogP contribution in [0.1, 0.15) is 26.2 Å². The molecule has 0 heterocycles. The normalized spacial score (nSPS) is 13.7. The van der Waals surface area contributed by atoms with Crippen LogP contribution in [-0.2, 0) is 26.0 Å². The summed E-state index contributed by atoms with van der Waals surface area (Å²) in [5.41, 5.74) is 0.381. The number of carbonyl (C=O) groups is 1. The van der Waals surface area contributed by atoms with Gasteiger partial charge in [-0.05, 0) is 103 Å². The van der Waals surface area contributed by atoms with Gasteiger partial charge in [0.05, 0.1) is 6.61 Å². The van der Waals surface area contributed by atoms with E-state index in [2.05, 4.69) is 65.5 Å². The van der Waals surface area contributed by atoms with E-state index in [1.165, 1.54) is 0 Å². The summed E-state index contributed by atoms with van der Waals surface area (Å²) >= 11 is 0. The van der Waals surface area contributed by atoms with E-state index in [9.17, 15) is 15.0 Å². The first-order valence-corrected chi connectivity index (χ1v) is 27.0. The molecule has 0 aromatic heterocycles. The Hall–Kier alpha value is 0.0544. The lowest BCUT2D eigenvalue weighted by Crippen LogP contribution is -2.59. The maximum atomic E-state index is 11.8. The van der Waals surface area contributed by atoms with Crippen LogP contribution in [0.3, 0.4) is 0 Å². The fourth-order valence-corrected chi connectivity index (χ4v) is 29.4. The summed E-state index contributed by atoms with van der Waals surface area (Å²) < 4.78 is 32.2. The van der Waals surface area contributed by atoms with Gasteiger partial charge in [-0.3, -0.25) is 0 Å². The van der Waals surface area contributed by atoms with Crippen LogP contribution in [0.15, 0.2) is 12.2 Å². The molecule has 0 aliphatic carbocycles. The Morgan fingerprint density at radius 1 is 0.686 bits per heavy atom. The Labute approximate surface area is 219 Å². The lowest BCUT2D eigenvalue weighted by molar-refractivity contribution is -0.138. The number of hydrogen-bond donors (Lipinski definition) is 2. The highest BCUT2D eigenvalue weighted by atomic mass is 28.5. The molecule has 0 unspecified atom stereocenters. The molecule has 35 heavy (non-hydrogen) atoms. The van der Waals surface area contributed by atoms with Crippen LogP contribution >= 0.6 is 0 Å². The monoisotopic (exact) mass is 584 g/mol. The van der Waals surface area contributed by atoms with Gasteiger partial charge in [0.15, 0.2) is 16.6 Å². The molecule has 208 valence electrons. The van der Waals surface area contributed by atoms with E-state index in [4.69, 9.17) is 21.2 Å². The topological polar surface area (TPSA) is 104 Å². The first-order chi connectivity index (χ1) is 15.8. The summed E-state index contributed by atoms with van der Waals surface area (Å²) in [5.74, 6) is -0.389. The summed E-state index contributed by atoms with van der Waals surface area (Å²) in [6.07, 6.45) is 2.07. The number of aliphatic hydroxyl groups excluding tert-OH is 2. The van der Waals surface area contributed by atoms with E-state index in [1.54, 1.807) is 6.92 Å². The number of carbonyl (C=O) groups excluding carboxylic acids is 1. The molecule has 0 bridgehead atoms. The smallest absolute Gasteiger partial charge is 0.333 e. The highest BCUT2D eigenvalue weighted by Crippen LogP contribution is 2.31. The van der Waals surface area contributed by atoms with Gasteiger partial charge in [0.25, 0.3) is 0 Å². The molecule has 0 aliphatic rings. The summed E-state index contributed by atoms with van der Waals surface area (Å²) in [6, 6.07) is 2.38. The number of esters is 1. The minimum absolute atomic E-state index is 0.161. The van der Waals surface area contributed by atoms with Crippen molar-refractivity contribution in [1.29, 1.82) is 0 Å². The Bertz CT molecular complexity index is 634. The van der Waals surface area contributed by atoms with Crippen molar-refractivity contribution in [3.05, 3.63) is 12.2 Å². The van der Waals surface area contributed by atoms with Gasteiger partial charge in [-0.2, -0.15) is 0 Å². The van der Waals surface area contributed by atoms with E-state index >= 15 is 0 Å². The van der Waals surface area contributed by atoms with Crippen LogP contribution in [-0.4, -0.2) is 78.3 Å². The van der Waals surface area contributed by atoms with Crippen molar-refractivity contribution in [1.82, 2.24) is 0 Å². The second-order valence-electron chi connectivity index (χ2n) is 11.5. The summed E-state index contributed by atoms with van der Waals surface area (Å²) in [4.78, 5) is 11.8. The zero-order valence-electron chi connectivity index (χ0n) is 23.9. The van der Waals surface area contributed by atoms with Crippen LogP contribution in [0.5, 0.6) is 0 Å². The number of hydrogen-bond acceptors (Lipinski definition) is 8. The predicted octanol–water partition coefficient (Wildman–Crippen LogP) is 5.21. The van der Waals surface area contributed by atoms with Crippen LogP contribution in [0.4, 0.5) is 0 Å². The van der Waals surface area contributed by atoms with Crippen molar-refractivity contribution in [3.8, 4) is 0 Å². The van der Waals surface area contributed by atoms with Crippen molar-refractivity contribution in [2.45, 2.75) is 103 Å². The quantitative estimate of drug-likeness (QED) is 0.0923. The van der Waals surface area contributed by atoms with Gasteiger partial charge >= 0.3 is 31.7 Å². The van der Waals surface area contributed by atoms with E-state index in [1.807, 2.05) is 0 Å². The maximum Gasteiger partial charge on any atom is 0.333 e. The maximum absolute atomic E-state index is 11.8. The zero-order chi connectivity index (χ0) is 27.6. The van der Waals surface area contributed by atoms with E-state index < -0.39 is 42.3 Å². The average Bonchev–Trinajstić information content (AvgIpc) is 2.65. The minimum Gasteiger partial charge on any atom is -0.462 e. The SMILES string of the molecule is C=C(C)C(=O)OCCC[Si](C)(O[Si](C)(C)O[Si](C)(C)CCCO)O[Si](C)(C)O[Si](C)(C)CCCO. The molecule has 0 aromatic carbocycles. The Morgan fingerprint density at radius 2 is 1.09 bits per heavy atom. The number of aliphatic hydroxyl groups is 2. The molecule has 13 heteroatoms. The Balaban J connectivity index is 5.58. The lowest BCUT2D eigenvalue weighted by atomic mass is 10.4. The molecule has 0 amide bonds. The molecule has 0 aliphatic heterocycles. The lowest BCUT2D eigenvalue weighted by Gasteiger charge is -2.44. The first-order valence-electron chi connectivity index (χ1n) is 12.6. The van der Waals surface area contributed by atoms with Gasteiger partial charge < -0.3 is 31.4 Å². The van der Waals surface area contributed by atoms with Gasteiger partial charge in [-0.1, -0.05) is 6.58 Å². The largest absolute Gasteiger partial charge is 0.462 e. The van der Waals surface area contributed by atoms with Gasteiger partial charge in [0.1, 0.15) is 0 Å². The van der Waals surface area contributed by atoms with Crippen molar-refractivity contribution >= 4 is 48.3 Å². The summed E-state index contributed by atoms with van der Waals surface area (Å²) in [5, 5.41) is 18.5. The van der Waals surface area contributed by atoms with Crippen LogP contribution in [0.25, 0.3) is 0 Å². The van der Waals surface area contributed by atoms with Gasteiger partial charge in [-0.25, -0.2) is 4.79 Å². The molecule has 0 radical (unpaired) electrons. The fourth-order valence-electron chi connectivity index (χ4n) is 4.33. The molecule has 0 rings (SSSR count). The molecule has 0 atom stereocenters. The Kier molecular flexibility index (Phi) is 14.9. The number of rotatable bonds is 19. The predicted molar refractivity (Wildman–Crippen MR) is 154 cm³/mol. The standard InChI is InChI=1S/C22H52O8Si5/c1-21(2)22(25)26-17-14-20-35(11,29-33(7,8)27-31(3,4)18-12-15-23)30-34(9,10)28-32(5,6)19-13-16-24/h23-24H,1,12-20H2,2-11H3. The van der Waals surface area contributed by atoms with Gasteiger partial charge in [0.2, 0.25) is 0 Å². The molecule has 0 saturated heterocycles. The average molecular weight is 585 g/mol. The van der Waals surface area contributed by atoms with E-state index in [0.717, 1.165) is 24.9 Å². The van der Waals surface area contributed by atoms with Crippen LogP contribution in [0, 0.1) is 0 Å². The molecule has 0 saturated carbocycles. The van der Waals surface area contributed by atoms with Gasteiger partial charge in [0, 0.05) is 18.8 Å². The third-order valence-electron chi connectivity index (χ3n) is 5.20. The zero-order valence-corrected chi connectivity index (χ0v) is 28.9. The highest BCUT2D eigenvalue weighted by molar-refractivity contribution is 6.90. The van der Waals surface area contributed by atoms with E-state index in [0.29, 0.717) is 18.0 Å². The summed E-state index contributed by atoms with van der Waals surface area (Å²) in [6.45, 7) is 24.8. The third kappa shape index (κ3) is 16.5. The molecule has 8 nitrogen and oxygen atoms in total. The molecular weight excluding hydrogens is 533 g/mol. The van der Waals surface area contributed by atoms with Crippen LogP contribution < -0.4 is 0 Å². The molecule has 0 aromatic rings. The van der Waals surface area contributed by atoms with Crippen LogP contribution in [0.2, 0.25) is 77.1 Å². The number of ether oxygens (including phenoxy) is 1. The van der Waals surface area contributed by atoms with Crippen molar-refractivity contribution < 1.29 is 36.2 Å². The highest BCUT2D eigenvalue weighted by Gasteiger charge is 2.47. The minimum atomic E-state index is -2.78. The molecule has 0 spiro atoms. The van der Waals surface area contributed by atoms with Crippen molar-refractivity contribution in [3.63, 3.8) is 0 Å². The molecule has 0 fully saturated rings. The van der Waals surface area contributed by atoms with Gasteiger partial charge in [-0.15, -0.1) is 0 Å². The van der Waals surface area contributed by atoms with Crippen molar-refractivity contribution in [2.24, 2.45) is 0 Å². The first kappa shape index (κ1) is 35.1.